The summed E-state index contributed by atoms with van der Waals surface area (Å²) in [6.45, 7) is 3.49. The summed E-state index contributed by atoms with van der Waals surface area (Å²) >= 11 is 0. The van der Waals surface area contributed by atoms with Crippen molar-refractivity contribution in [3.8, 4) is 0 Å². The first-order valence-corrected chi connectivity index (χ1v) is 7.46. The normalized spacial score (nSPS) is 19.8. The zero-order valence-electron chi connectivity index (χ0n) is 12.1. The highest BCUT2D eigenvalue weighted by Crippen LogP contribution is 2.17. The zero-order chi connectivity index (χ0) is 14.4. The first-order chi connectivity index (χ1) is 9.72. The van der Waals surface area contributed by atoms with E-state index in [4.69, 9.17) is 0 Å². The van der Waals surface area contributed by atoms with E-state index in [0.717, 1.165) is 37.9 Å². The first-order valence-electron chi connectivity index (χ1n) is 7.46. The minimum atomic E-state index is -0.00129. The molecule has 1 aromatic carbocycles. The van der Waals surface area contributed by atoms with Gasteiger partial charge in [-0.25, -0.2) is 0 Å². The van der Waals surface area contributed by atoms with Crippen LogP contribution in [0.2, 0.25) is 0 Å². The Balaban J connectivity index is 1.90. The Morgan fingerprint density at radius 2 is 2.30 bits per heavy atom. The van der Waals surface area contributed by atoms with Gasteiger partial charge in [-0.05, 0) is 43.5 Å². The van der Waals surface area contributed by atoms with Gasteiger partial charge in [-0.15, -0.1) is 0 Å². The van der Waals surface area contributed by atoms with Gasteiger partial charge in [0.05, 0.1) is 13.2 Å². The number of aliphatic hydroxyl groups excluding tert-OH is 1. The molecule has 2 rings (SSSR count). The van der Waals surface area contributed by atoms with Gasteiger partial charge in [0.2, 0.25) is 5.91 Å². The molecule has 0 spiro atoms. The SMILES string of the molecule is CCc1cccc(NC(=O)CN2CCCCC2CO)c1. The summed E-state index contributed by atoms with van der Waals surface area (Å²) in [6, 6.07) is 8.08. The number of benzene rings is 1. The van der Waals surface area contributed by atoms with Crippen LogP contribution in [0, 0.1) is 0 Å². The number of aliphatic hydroxyl groups is 1. The summed E-state index contributed by atoms with van der Waals surface area (Å²) in [5.74, 6) is -0.00129. The van der Waals surface area contributed by atoms with Gasteiger partial charge in [-0.2, -0.15) is 0 Å². The summed E-state index contributed by atoms with van der Waals surface area (Å²) in [6.07, 6.45) is 4.19. The summed E-state index contributed by atoms with van der Waals surface area (Å²) < 4.78 is 0. The van der Waals surface area contributed by atoms with E-state index < -0.39 is 0 Å². The number of nitrogens with zero attached hydrogens (tertiary/aromatic N) is 1. The highest BCUT2D eigenvalue weighted by Gasteiger charge is 2.23. The number of hydrogen-bond donors (Lipinski definition) is 2. The molecule has 4 nitrogen and oxygen atoms in total. The molecule has 2 N–H and O–H groups in total. The Labute approximate surface area is 120 Å². The Morgan fingerprint density at radius 3 is 3.05 bits per heavy atom. The fourth-order valence-electron chi connectivity index (χ4n) is 2.73. The van der Waals surface area contributed by atoms with E-state index in [2.05, 4.69) is 23.2 Å². The largest absolute Gasteiger partial charge is 0.395 e. The fraction of sp³-hybridized carbons (Fsp3) is 0.562. The third kappa shape index (κ3) is 4.05. The zero-order valence-corrected chi connectivity index (χ0v) is 12.1. The molecule has 0 saturated carbocycles. The fourth-order valence-corrected chi connectivity index (χ4v) is 2.73. The van der Waals surface area contributed by atoms with Crippen LogP contribution in [0.15, 0.2) is 24.3 Å². The van der Waals surface area contributed by atoms with E-state index in [1.54, 1.807) is 0 Å². The molecule has 4 heteroatoms. The minimum Gasteiger partial charge on any atom is -0.395 e. The summed E-state index contributed by atoms with van der Waals surface area (Å²) in [5, 5.41) is 12.3. The number of rotatable bonds is 5. The van der Waals surface area contributed by atoms with Gasteiger partial charge in [-0.3, -0.25) is 9.69 Å². The van der Waals surface area contributed by atoms with Crippen LogP contribution in [0.4, 0.5) is 5.69 Å². The Morgan fingerprint density at radius 1 is 1.45 bits per heavy atom. The van der Waals surface area contributed by atoms with Crippen LogP contribution in [0.5, 0.6) is 0 Å². The Kier molecular flexibility index (Phi) is 5.56. The lowest BCUT2D eigenvalue weighted by molar-refractivity contribution is -0.118. The standard InChI is InChI=1S/C16H24N2O2/c1-2-13-6-5-7-14(10-13)17-16(20)11-18-9-4-3-8-15(18)12-19/h5-7,10,15,19H,2-4,8-9,11-12H2,1H3,(H,17,20). The number of hydrogen-bond acceptors (Lipinski definition) is 3. The van der Waals surface area contributed by atoms with E-state index in [9.17, 15) is 9.90 Å². The number of amides is 1. The number of nitrogens with one attached hydrogen (secondary N) is 1. The predicted octanol–water partition coefficient (Wildman–Crippen LogP) is 2.03. The average molecular weight is 276 g/mol. The van der Waals surface area contributed by atoms with Gasteiger partial charge >= 0.3 is 0 Å². The highest BCUT2D eigenvalue weighted by molar-refractivity contribution is 5.92. The quantitative estimate of drug-likeness (QED) is 0.865. The smallest absolute Gasteiger partial charge is 0.238 e. The third-order valence-electron chi connectivity index (χ3n) is 3.93. The number of carbonyl (C=O) groups is 1. The molecule has 1 unspecified atom stereocenters. The van der Waals surface area contributed by atoms with E-state index in [-0.39, 0.29) is 18.6 Å². The van der Waals surface area contributed by atoms with Crippen LogP contribution < -0.4 is 5.32 Å². The van der Waals surface area contributed by atoms with Crippen LogP contribution >= 0.6 is 0 Å². The number of anilines is 1. The first kappa shape index (κ1) is 15.0. The van der Waals surface area contributed by atoms with Gasteiger partial charge < -0.3 is 10.4 Å². The summed E-state index contributed by atoms with van der Waals surface area (Å²) in [7, 11) is 0. The Bertz CT molecular complexity index is 448. The molecule has 0 bridgehead atoms. The van der Waals surface area contributed by atoms with Crippen molar-refractivity contribution in [1.29, 1.82) is 0 Å². The van der Waals surface area contributed by atoms with E-state index in [1.165, 1.54) is 5.56 Å². The summed E-state index contributed by atoms with van der Waals surface area (Å²) in [4.78, 5) is 14.2. The number of aryl methyl sites for hydroxylation is 1. The highest BCUT2D eigenvalue weighted by atomic mass is 16.3. The molecule has 1 fully saturated rings. The van der Waals surface area contributed by atoms with Crippen LogP contribution in [0.3, 0.4) is 0 Å². The molecule has 0 aromatic heterocycles. The topological polar surface area (TPSA) is 52.6 Å². The van der Waals surface area contributed by atoms with Crippen molar-refractivity contribution >= 4 is 11.6 Å². The number of piperidine rings is 1. The van der Waals surface area contributed by atoms with Crippen molar-refractivity contribution in [3.63, 3.8) is 0 Å². The van der Waals surface area contributed by atoms with Crippen molar-refractivity contribution in [2.75, 3.05) is 25.0 Å². The van der Waals surface area contributed by atoms with E-state index in [1.807, 2.05) is 18.2 Å². The molecule has 1 aliphatic rings. The van der Waals surface area contributed by atoms with Crippen LogP contribution in [0.1, 0.15) is 31.7 Å². The number of likely N-dealkylation sites (tertiary alicyclic amines) is 1. The molecular weight excluding hydrogens is 252 g/mol. The molecule has 1 aromatic rings. The Hall–Kier alpha value is -1.39. The second-order valence-corrected chi connectivity index (χ2v) is 5.40. The maximum absolute atomic E-state index is 12.1. The van der Waals surface area contributed by atoms with Crippen molar-refractivity contribution < 1.29 is 9.90 Å². The maximum Gasteiger partial charge on any atom is 0.238 e. The second kappa shape index (κ2) is 7.41. The van der Waals surface area contributed by atoms with Gasteiger partial charge in [0.15, 0.2) is 0 Å². The summed E-state index contributed by atoms with van der Waals surface area (Å²) in [5.41, 5.74) is 2.07. The lowest BCUT2D eigenvalue weighted by Crippen LogP contribution is -2.45. The molecular formula is C16H24N2O2. The van der Waals surface area contributed by atoms with E-state index in [0.29, 0.717) is 6.54 Å². The van der Waals surface area contributed by atoms with Crippen LogP contribution in [0.25, 0.3) is 0 Å². The predicted molar refractivity (Wildman–Crippen MR) is 80.7 cm³/mol. The van der Waals surface area contributed by atoms with E-state index >= 15 is 0 Å². The second-order valence-electron chi connectivity index (χ2n) is 5.40. The van der Waals surface area contributed by atoms with Crippen LogP contribution in [-0.4, -0.2) is 41.7 Å². The molecule has 1 heterocycles. The number of carbonyl (C=O) groups excluding carboxylic acids is 1. The van der Waals surface area contributed by atoms with Crippen LogP contribution in [-0.2, 0) is 11.2 Å². The van der Waals surface area contributed by atoms with Gasteiger partial charge in [0, 0.05) is 11.7 Å². The van der Waals surface area contributed by atoms with Gasteiger partial charge in [0.25, 0.3) is 0 Å². The van der Waals surface area contributed by atoms with Gasteiger partial charge in [-0.1, -0.05) is 25.5 Å². The monoisotopic (exact) mass is 276 g/mol. The third-order valence-corrected chi connectivity index (χ3v) is 3.93. The molecule has 1 amide bonds. The molecule has 110 valence electrons. The molecule has 1 aliphatic heterocycles. The molecule has 20 heavy (non-hydrogen) atoms. The minimum absolute atomic E-state index is 0.00129. The van der Waals surface area contributed by atoms with Crippen molar-refractivity contribution in [3.05, 3.63) is 29.8 Å². The molecule has 0 aliphatic carbocycles. The van der Waals surface area contributed by atoms with Crippen molar-refractivity contribution in [2.45, 2.75) is 38.6 Å². The lowest BCUT2D eigenvalue weighted by Gasteiger charge is -2.33. The van der Waals surface area contributed by atoms with Gasteiger partial charge in [0.1, 0.15) is 0 Å². The maximum atomic E-state index is 12.1. The van der Waals surface area contributed by atoms with Crippen molar-refractivity contribution in [2.24, 2.45) is 0 Å². The lowest BCUT2D eigenvalue weighted by atomic mass is 10.0. The molecule has 1 saturated heterocycles. The average Bonchev–Trinajstić information content (AvgIpc) is 2.48. The molecule has 0 radical (unpaired) electrons. The van der Waals surface area contributed by atoms with Crippen molar-refractivity contribution in [1.82, 2.24) is 4.90 Å². The molecule has 1 atom stereocenters.